The third-order valence-corrected chi connectivity index (χ3v) is 7.55. The molecule has 1 atom stereocenters. The zero-order chi connectivity index (χ0) is 23.4. The molecule has 3 aromatic heterocycles. The molecule has 0 saturated heterocycles. The van der Waals surface area contributed by atoms with E-state index in [0.29, 0.717) is 39.7 Å². The molecule has 172 valence electrons. The minimum absolute atomic E-state index is 0.122. The van der Waals surface area contributed by atoms with Gasteiger partial charge in [-0.2, -0.15) is 0 Å². The fourth-order valence-corrected chi connectivity index (χ4v) is 5.99. The molecule has 0 aliphatic heterocycles. The highest BCUT2D eigenvalue weighted by atomic mass is 32.2. The molecule has 0 bridgehead atoms. The summed E-state index contributed by atoms with van der Waals surface area (Å²) in [5, 5.41) is 12.6. The summed E-state index contributed by atoms with van der Waals surface area (Å²) in [7, 11) is 1.37. The fourth-order valence-electron chi connectivity index (χ4n) is 3.82. The topological polar surface area (TPSA) is 99.0 Å². The molecule has 1 amide bonds. The highest BCUT2D eigenvalue weighted by Gasteiger charge is 2.29. The quantitative estimate of drug-likeness (QED) is 0.291. The maximum atomic E-state index is 12.8. The summed E-state index contributed by atoms with van der Waals surface area (Å²) in [6.45, 7) is 6.50. The average Bonchev–Trinajstić information content (AvgIpc) is 3.38. The molecule has 0 aromatic carbocycles. The van der Waals surface area contributed by atoms with Gasteiger partial charge in [0.15, 0.2) is 11.0 Å². The number of aromatic nitrogens is 4. The first kappa shape index (κ1) is 23.2. The molecule has 1 aliphatic rings. The number of fused-ring (bicyclic) bond motifs is 1. The van der Waals surface area contributed by atoms with E-state index in [1.54, 1.807) is 12.3 Å². The molecule has 10 heteroatoms. The van der Waals surface area contributed by atoms with E-state index in [-0.39, 0.29) is 11.7 Å². The highest BCUT2D eigenvalue weighted by molar-refractivity contribution is 7.99. The number of ether oxygens (including phenoxy) is 1. The summed E-state index contributed by atoms with van der Waals surface area (Å²) >= 11 is 2.75. The molecule has 0 saturated carbocycles. The second kappa shape index (κ2) is 10.3. The van der Waals surface area contributed by atoms with Gasteiger partial charge in [-0.3, -0.25) is 14.3 Å². The monoisotopic (exact) mass is 483 g/mol. The molecule has 1 N–H and O–H groups in total. The number of nitrogens with zero attached hydrogens (tertiary/aromatic N) is 4. The molecule has 0 spiro atoms. The van der Waals surface area contributed by atoms with Crippen LogP contribution >= 0.6 is 23.1 Å². The van der Waals surface area contributed by atoms with Gasteiger partial charge in [0, 0.05) is 17.6 Å². The minimum atomic E-state index is -0.407. The molecule has 3 heterocycles. The van der Waals surface area contributed by atoms with E-state index in [0.717, 1.165) is 29.7 Å². The number of thiophene rings is 1. The van der Waals surface area contributed by atoms with Gasteiger partial charge in [0.25, 0.3) is 0 Å². The number of pyridine rings is 1. The van der Waals surface area contributed by atoms with E-state index in [1.807, 2.05) is 22.8 Å². The summed E-state index contributed by atoms with van der Waals surface area (Å²) in [5.41, 5.74) is 2.21. The van der Waals surface area contributed by atoms with Crippen molar-refractivity contribution in [1.82, 2.24) is 19.7 Å². The summed E-state index contributed by atoms with van der Waals surface area (Å²) in [4.78, 5) is 30.8. The first-order valence-corrected chi connectivity index (χ1v) is 12.4. The van der Waals surface area contributed by atoms with Crippen molar-refractivity contribution in [2.45, 2.75) is 37.9 Å². The van der Waals surface area contributed by atoms with Crippen LogP contribution in [0, 0.1) is 5.92 Å². The van der Waals surface area contributed by atoms with Gasteiger partial charge < -0.3 is 10.1 Å². The number of hydrogen-bond donors (Lipinski definition) is 1. The van der Waals surface area contributed by atoms with Crippen molar-refractivity contribution in [1.29, 1.82) is 0 Å². The Morgan fingerprint density at radius 2 is 2.24 bits per heavy atom. The summed E-state index contributed by atoms with van der Waals surface area (Å²) in [6.07, 6.45) is 6.20. The lowest BCUT2D eigenvalue weighted by Crippen LogP contribution is -2.17. The van der Waals surface area contributed by atoms with Gasteiger partial charge in [0.2, 0.25) is 5.91 Å². The Kier molecular flexibility index (Phi) is 7.24. The number of rotatable bonds is 8. The van der Waals surface area contributed by atoms with Gasteiger partial charge in [-0.1, -0.05) is 30.8 Å². The van der Waals surface area contributed by atoms with Gasteiger partial charge in [0.05, 0.1) is 18.4 Å². The number of allylic oxidation sites excluding steroid dienone is 1. The van der Waals surface area contributed by atoms with Crippen molar-refractivity contribution in [2.75, 3.05) is 18.2 Å². The Morgan fingerprint density at radius 3 is 2.97 bits per heavy atom. The van der Waals surface area contributed by atoms with Crippen molar-refractivity contribution in [3.05, 3.63) is 53.1 Å². The Bertz CT molecular complexity index is 1170. The van der Waals surface area contributed by atoms with Crippen LogP contribution in [0.2, 0.25) is 0 Å². The van der Waals surface area contributed by atoms with Crippen LogP contribution in [0.4, 0.5) is 5.00 Å². The molecular formula is C23H25N5O3S2. The van der Waals surface area contributed by atoms with Crippen LogP contribution in [-0.2, 0) is 28.9 Å². The van der Waals surface area contributed by atoms with Gasteiger partial charge >= 0.3 is 5.97 Å². The van der Waals surface area contributed by atoms with Crippen LogP contribution in [0.15, 0.2) is 42.2 Å². The molecule has 1 aliphatic carbocycles. The van der Waals surface area contributed by atoms with Crippen molar-refractivity contribution in [3.63, 3.8) is 0 Å². The fraction of sp³-hybridized carbons (Fsp3) is 0.348. The lowest BCUT2D eigenvalue weighted by atomic mass is 9.88. The number of carbonyl (C=O) groups is 2. The van der Waals surface area contributed by atoms with Crippen LogP contribution in [0.1, 0.15) is 34.1 Å². The first-order valence-electron chi connectivity index (χ1n) is 10.6. The van der Waals surface area contributed by atoms with E-state index in [1.165, 1.54) is 30.2 Å². The number of esters is 1. The maximum absolute atomic E-state index is 12.8. The second-order valence-electron chi connectivity index (χ2n) is 7.80. The predicted molar refractivity (Wildman–Crippen MR) is 130 cm³/mol. The van der Waals surface area contributed by atoms with Gasteiger partial charge in [0.1, 0.15) is 10.7 Å². The van der Waals surface area contributed by atoms with Gasteiger partial charge in [-0.05, 0) is 42.9 Å². The number of amides is 1. The van der Waals surface area contributed by atoms with Crippen LogP contribution in [0.3, 0.4) is 0 Å². The SMILES string of the molecule is C=CCn1c(SCC(=O)Nc2sc3c(c2C(=O)OC)CCC(C)C3)nnc1-c1ccccn1. The van der Waals surface area contributed by atoms with Crippen LogP contribution in [0.5, 0.6) is 0 Å². The molecule has 1 unspecified atom stereocenters. The van der Waals surface area contributed by atoms with Crippen LogP contribution < -0.4 is 5.32 Å². The first-order chi connectivity index (χ1) is 16.0. The minimum Gasteiger partial charge on any atom is -0.465 e. The zero-order valence-electron chi connectivity index (χ0n) is 18.5. The van der Waals surface area contributed by atoms with E-state index in [4.69, 9.17) is 4.74 Å². The number of carbonyl (C=O) groups excluding carboxylic acids is 2. The highest BCUT2D eigenvalue weighted by Crippen LogP contribution is 2.40. The van der Waals surface area contributed by atoms with Gasteiger partial charge in [-0.15, -0.1) is 28.1 Å². The maximum Gasteiger partial charge on any atom is 0.341 e. The number of anilines is 1. The Morgan fingerprint density at radius 1 is 1.39 bits per heavy atom. The molecule has 4 rings (SSSR count). The van der Waals surface area contributed by atoms with E-state index in [2.05, 4.69) is 34.0 Å². The van der Waals surface area contributed by atoms with Crippen molar-refractivity contribution < 1.29 is 14.3 Å². The normalized spacial score (nSPS) is 15.0. The molecule has 0 fully saturated rings. The Hall–Kier alpha value is -2.98. The summed E-state index contributed by atoms with van der Waals surface area (Å²) in [6, 6.07) is 5.58. The smallest absolute Gasteiger partial charge is 0.341 e. The zero-order valence-corrected chi connectivity index (χ0v) is 20.2. The van der Waals surface area contributed by atoms with E-state index < -0.39 is 5.97 Å². The lowest BCUT2D eigenvalue weighted by molar-refractivity contribution is -0.113. The van der Waals surface area contributed by atoms with Crippen molar-refractivity contribution in [3.8, 4) is 11.5 Å². The molecule has 0 radical (unpaired) electrons. The predicted octanol–water partition coefficient (Wildman–Crippen LogP) is 4.23. The number of hydrogen-bond acceptors (Lipinski definition) is 8. The van der Waals surface area contributed by atoms with E-state index >= 15 is 0 Å². The Balaban J connectivity index is 1.50. The lowest BCUT2D eigenvalue weighted by Gasteiger charge is -2.18. The summed E-state index contributed by atoms with van der Waals surface area (Å²) < 4.78 is 6.87. The largest absolute Gasteiger partial charge is 0.465 e. The average molecular weight is 484 g/mol. The third-order valence-electron chi connectivity index (χ3n) is 5.41. The standard InChI is InChI=1S/C23H25N5O3S2/c1-4-11-28-20(16-7-5-6-10-24-16)26-27-23(28)32-13-18(29)25-21-19(22(30)31-3)15-9-8-14(2)12-17(15)33-21/h4-7,10,14H,1,8-9,11-13H2,2-3H3,(H,25,29). The molecule has 3 aromatic rings. The van der Waals surface area contributed by atoms with Crippen molar-refractivity contribution >= 4 is 40.0 Å². The Labute approximate surface area is 200 Å². The van der Waals surface area contributed by atoms with Crippen LogP contribution in [-0.4, -0.2) is 44.5 Å². The van der Waals surface area contributed by atoms with Gasteiger partial charge in [-0.25, -0.2) is 4.79 Å². The summed E-state index contributed by atoms with van der Waals surface area (Å²) in [5.74, 6) is 0.675. The molecular weight excluding hydrogens is 458 g/mol. The number of thioether (sulfide) groups is 1. The van der Waals surface area contributed by atoms with E-state index in [9.17, 15) is 9.59 Å². The number of nitrogens with one attached hydrogen (secondary N) is 1. The molecule has 33 heavy (non-hydrogen) atoms. The van der Waals surface area contributed by atoms with Crippen molar-refractivity contribution in [2.24, 2.45) is 5.92 Å². The van der Waals surface area contributed by atoms with Crippen LogP contribution in [0.25, 0.3) is 11.5 Å². The third kappa shape index (κ3) is 5.01. The number of methoxy groups -OCH3 is 1. The molecule has 8 nitrogen and oxygen atoms in total. The second-order valence-corrected chi connectivity index (χ2v) is 9.85.